The summed E-state index contributed by atoms with van der Waals surface area (Å²) in [7, 11) is 0. The molecule has 0 spiro atoms. The number of aryl methyl sites for hydroxylation is 1. The standard InChI is InChI=1S/C16H16N.HI/c1-2-11-17-15-9-5-3-7-13(15)12-14-8-4-6-10-16(14)17;/h3-10,12H,2,11H2,1H3;1H/q+1;/p-1. The lowest BCUT2D eigenvalue weighted by molar-refractivity contribution is -0.645. The largest absolute Gasteiger partial charge is 1.00 e. The molecule has 18 heavy (non-hydrogen) atoms. The van der Waals surface area contributed by atoms with Crippen LogP contribution in [0.3, 0.4) is 0 Å². The second kappa shape index (κ2) is 5.65. The van der Waals surface area contributed by atoms with Crippen molar-refractivity contribution < 1.29 is 28.5 Å². The van der Waals surface area contributed by atoms with Crippen LogP contribution in [0.1, 0.15) is 13.3 Å². The van der Waals surface area contributed by atoms with Crippen LogP contribution in [0, 0.1) is 0 Å². The average Bonchev–Trinajstić information content (AvgIpc) is 2.39. The minimum Gasteiger partial charge on any atom is -1.00 e. The third kappa shape index (κ3) is 2.21. The average molecular weight is 349 g/mol. The van der Waals surface area contributed by atoms with Crippen LogP contribution < -0.4 is 28.5 Å². The van der Waals surface area contributed by atoms with Crippen molar-refractivity contribution in [2.24, 2.45) is 0 Å². The van der Waals surface area contributed by atoms with E-state index in [-0.39, 0.29) is 24.0 Å². The van der Waals surface area contributed by atoms with Gasteiger partial charge in [0.1, 0.15) is 6.54 Å². The zero-order valence-corrected chi connectivity index (χ0v) is 12.6. The van der Waals surface area contributed by atoms with Crippen molar-refractivity contribution >= 4 is 21.8 Å². The van der Waals surface area contributed by atoms with E-state index in [0.717, 1.165) is 13.0 Å². The Hall–Kier alpha value is -1.16. The maximum atomic E-state index is 2.42. The lowest BCUT2D eigenvalue weighted by atomic mass is 10.1. The first-order chi connectivity index (χ1) is 8.40. The molecule has 0 saturated carbocycles. The van der Waals surface area contributed by atoms with Crippen LogP contribution in [0.4, 0.5) is 0 Å². The van der Waals surface area contributed by atoms with E-state index in [1.165, 1.54) is 21.8 Å². The van der Waals surface area contributed by atoms with Gasteiger partial charge in [-0.3, -0.25) is 0 Å². The van der Waals surface area contributed by atoms with E-state index in [0.29, 0.717) is 0 Å². The molecule has 0 bridgehead atoms. The molecule has 0 radical (unpaired) electrons. The predicted octanol–water partition coefficient (Wildman–Crippen LogP) is 0.694. The summed E-state index contributed by atoms with van der Waals surface area (Å²) in [5, 5.41) is 2.64. The Kier molecular flexibility index (Phi) is 4.17. The van der Waals surface area contributed by atoms with Crippen LogP contribution in [-0.2, 0) is 6.54 Å². The normalized spacial score (nSPS) is 10.5. The highest BCUT2D eigenvalue weighted by Gasteiger charge is 2.12. The number of fused-ring (bicyclic) bond motifs is 2. The van der Waals surface area contributed by atoms with Crippen molar-refractivity contribution in [2.45, 2.75) is 19.9 Å². The number of hydrogen-bond acceptors (Lipinski definition) is 0. The Balaban J connectivity index is 0.00000120. The Labute approximate surface area is 124 Å². The van der Waals surface area contributed by atoms with Gasteiger partial charge in [-0.1, -0.05) is 31.2 Å². The van der Waals surface area contributed by atoms with E-state index < -0.39 is 0 Å². The van der Waals surface area contributed by atoms with Crippen molar-refractivity contribution in [3.8, 4) is 0 Å². The molecule has 3 rings (SSSR count). The quantitative estimate of drug-likeness (QED) is 0.364. The number of aromatic nitrogens is 1. The highest BCUT2D eigenvalue weighted by atomic mass is 127. The van der Waals surface area contributed by atoms with Gasteiger partial charge in [-0.2, -0.15) is 4.57 Å². The first-order valence-electron chi connectivity index (χ1n) is 6.20. The minimum atomic E-state index is 0. The summed E-state index contributed by atoms with van der Waals surface area (Å²) in [5.74, 6) is 0. The number of nitrogens with zero attached hydrogens (tertiary/aromatic N) is 1. The van der Waals surface area contributed by atoms with Crippen molar-refractivity contribution in [1.29, 1.82) is 0 Å². The molecule has 1 heterocycles. The first kappa shape index (κ1) is 13.3. The van der Waals surface area contributed by atoms with Crippen LogP contribution in [0.2, 0.25) is 0 Å². The molecule has 0 saturated heterocycles. The number of pyridine rings is 1. The number of benzene rings is 2. The summed E-state index contributed by atoms with van der Waals surface area (Å²) in [6, 6.07) is 19.5. The Morgan fingerprint density at radius 3 is 1.83 bits per heavy atom. The van der Waals surface area contributed by atoms with Gasteiger partial charge in [0.05, 0.1) is 0 Å². The molecule has 0 N–H and O–H groups in total. The predicted molar refractivity (Wildman–Crippen MR) is 71.9 cm³/mol. The fraction of sp³-hybridized carbons (Fsp3) is 0.188. The summed E-state index contributed by atoms with van der Waals surface area (Å²) in [6.45, 7) is 3.30. The van der Waals surface area contributed by atoms with Crippen LogP contribution in [0.15, 0.2) is 54.6 Å². The summed E-state index contributed by atoms with van der Waals surface area (Å²) in [4.78, 5) is 0. The van der Waals surface area contributed by atoms with E-state index in [2.05, 4.69) is 66.1 Å². The zero-order valence-electron chi connectivity index (χ0n) is 10.4. The molecule has 0 unspecified atom stereocenters. The molecular weight excluding hydrogens is 333 g/mol. The number of rotatable bonds is 2. The lowest BCUT2D eigenvalue weighted by Gasteiger charge is -2.04. The Bertz CT molecular complexity index is 622. The monoisotopic (exact) mass is 349 g/mol. The molecule has 0 fully saturated rings. The molecule has 3 aromatic rings. The third-order valence-corrected chi connectivity index (χ3v) is 3.21. The highest BCUT2D eigenvalue weighted by molar-refractivity contribution is 5.88. The van der Waals surface area contributed by atoms with E-state index in [1.54, 1.807) is 0 Å². The number of halogens is 1. The zero-order chi connectivity index (χ0) is 11.7. The van der Waals surface area contributed by atoms with Gasteiger partial charge in [0, 0.05) is 29.3 Å². The van der Waals surface area contributed by atoms with Gasteiger partial charge in [-0.05, 0) is 18.2 Å². The van der Waals surface area contributed by atoms with Crippen LogP contribution >= 0.6 is 0 Å². The third-order valence-electron chi connectivity index (χ3n) is 3.21. The second-order valence-electron chi connectivity index (χ2n) is 4.41. The fourth-order valence-corrected chi connectivity index (χ4v) is 2.47. The molecular formula is C16H16IN. The van der Waals surface area contributed by atoms with Gasteiger partial charge in [0.2, 0.25) is 11.0 Å². The van der Waals surface area contributed by atoms with E-state index in [9.17, 15) is 0 Å². The maximum absolute atomic E-state index is 2.42. The van der Waals surface area contributed by atoms with Crippen LogP contribution in [-0.4, -0.2) is 0 Å². The van der Waals surface area contributed by atoms with Crippen LogP contribution in [0.25, 0.3) is 21.8 Å². The van der Waals surface area contributed by atoms with E-state index in [1.807, 2.05) is 0 Å². The summed E-state index contributed by atoms with van der Waals surface area (Å²) >= 11 is 0. The fourth-order valence-electron chi connectivity index (χ4n) is 2.47. The van der Waals surface area contributed by atoms with Crippen molar-refractivity contribution in [3.05, 3.63) is 54.6 Å². The topological polar surface area (TPSA) is 3.88 Å². The molecule has 0 atom stereocenters. The molecule has 0 aliphatic carbocycles. The Morgan fingerprint density at radius 2 is 1.33 bits per heavy atom. The van der Waals surface area contributed by atoms with Gasteiger partial charge in [-0.25, -0.2) is 0 Å². The number of hydrogen-bond donors (Lipinski definition) is 0. The van der Waals surface area contributed by atoms with E-state index >= 15 is 0 Å². The molecule has 0 aliphatic heterocycles. The summed E-state index contributed by atoms with van der Waals surface area (Å²) < 4.78 is 2.42. The van der Waals surface area contributed by atoms with Crippen molar-refractivity contribution in [2.75, 3.05) is 0 Å². The molecule has 92 valence electrons. The molecule has 2 aromatic carbocycles. The molecule has 0 amide bonds. The van der Waals surface area contributed by atoms with Crippen molar-refractivity contribution in [1.82, 2.24) is 0 Å². The van der Waals surface area contributed by atoms with Crippen LogP contribution in [0.5, 0.6) is 0 Å². The van der Waals surface area contributed by atoms with E-state index in [4.69, 9.17) is 0 Å². The summed E-state index contributed by atoms with van der Waals surface area (Å²) in [6.07, 6.45) is 1.16. The minimum absolute atomic E-state index is 0. The number of para-hydroxylation sites is 2. The van der Waals surface area contributed by atoms with Gasteiger partial charge < -0.3 is 24.0 Å². The Morgan fingerprint density at radius 1 is 0.833 bits per heavy atom. The first-order valence-corrected chi connectivity index (χ1v) is 6.20. The molecule has 0 aliphatic rings. The van der Waals surface area contributed by atoms with Gasteiger partial charge in [0.25, 0.3) is 0 Å². The summed E-state index contributed by atoms with van der Waals surface area (Å²) in [5.41, 5.74) is 2.65. The lowest BCUT2D eigenvalue weighted by Crippen LogP contribution is -3.00. The molecule has 1 nitrogen and oxygen atoms in total. The van der Waals surface area contributed by atoms with Gasteiger partial charge in [0.15, 0.2) is 0 Å². The van der Waals surface area contributed by atoms with Crippen molar-refractivity contribution in [3.63, 3.8) is 0 Å². The van der Waals surface area contributed by atoms with Gasteiger partial charge in [-0.15, -0.1) is 0 Å². The SMILES string of the molecule is CCC[n+]1c2ccccc2cc2ccccc21.[I-]. The molecule has 2 heteroatoms. The smallest absolute Gasteiger partial charge is 0.212 e. The molecule has 1 aromatic heterocycles. The highest BCUT2D eigenvalue weighted by Crippen LogP contribution is 2.17. The maximum Gasteiger partial charge on any atom is 0.212 e. The van der Waals surface area contributed by atoms with Gasteiger partial charge >= 0.3 is 0 Å². The second-order valence-corrected chi connectivity index (χ2v) is 4.41.